The lowest BCUT2D eigenvalue weighted by Gasteiger charge is -2.12. The molecule has 1 aromatic carbocycles. The van der Waals surface area contributed by atoms with Crippen molar-refractivity contribution < 1.29 is 13.2 Å². The molecule has 1 heterocycles. The Balaban J connectivity index is 1.70. The van der Waals surface area contributed by atoms with Gasteiger partial charge in [-0.2, -0.15) is 0 Å². The summed E-state index contributed by atoms with van der Waals surface area (Å²) in [5.74, 6) is 0.0161. The summed E-state index contributed by atoms with van der Waals surface area (Å²) in [6.07, 6.45) is 4.79. The minimum absolute atomic E-state index is 0.0161. The van der Waals surface area contributed by atoms with Crippen LogP contribution in [0.2, 0.25) is 0 Å². The van der Waals surface area contributed by atoms with Crippen LogP contribution in [-0.2, 0) is 21.4 Å². The fourth-order valence-electron chi connectivity index (χ4n) is 3.07. The molecule has 0 unspecified atom stereocenters. The third-order valence-electron chi connectivity index (χ3n) is 4.53. The molecule has 8 nitrogen and oxygen atoms in total. The summed E-state index contributed by atoms with van der Waals surface area (Å²) in [5, 5.41) is 11.1. The SMILES string of the molecule is CN(C)S(=O)(=O)c1ccc2c(c1)nnn2CCC(=O)NC1CCCC1. The quantitative estimate of drug-likeness (QED) is 0.828. The van der Waals surface area contributed by atoms with E-state index in [1.165, 1.54) is 39.1 Å². The van der Waals surface area contributed by atoms with Crippen LogP contribution in [0, 0.1) is 0 Å². The lowest BCUT2D eigenvalue weighted by molar-refractivity contribution is -0.122. The van der Waals surface area contributed by atoms with Crippen LogP contribution in [0.4, 0.5) is 0 Å². The molecule has 9 heteroatoms. The molecule has 1 fully saturated rings. The third-order valence-corrected chi connectivity index (χ3v) is 6.35. The molecule has 0 aliphatic heterocycles. The lowest BCUT2D eigenvalue weighted by atomic mass is 10.2. The number of aromatic nitrogens is 3. The number of nitrogens with one attached hydrogen (secondary N) is 1. The van der Waals surface area contributed by atoms with E-state index in [0.717, 1.165) is 17.1 Å². The molecule has 1 saturated carbocycles. The first-order valence-electron chi connectivity index (χ1n) is 8.43. The number of nitrogens with zero attached hydrogens (tertiary/aromatic N) is 4. The van der Waals surface area contributed by atoms with Gasteiger partial charge in [0.25, 0.3) is 0 Å². The molecule has 0 bridgehead atoms. The van der Waals surface area contributed by atoms with Gasteiger partial charge in [-0.1, -0.05) is 18.1 Å². The second kappa shape index (κ2) is 7.09. The summed E-state index contributed by atoms with van der Waals surface area (Å²) in [6, 6.07) is 5.03. The van der Waals surface area contributed by atoms with Crippen molar-refractivity contribution in [1.82, 2.24) is 24.6 Å². The minimum atomic E-state index is -3.51. The van der Waals surface area contributed by atoms with Crippen molar-refractivity contribution in [1.29, 1.82) is 0 Å². The van der Waals surface area contributed by atoms with Crippen molar-refractivity contribution in [3.63, 3.8) is 0 Å². The predicted octanol–water partition coefficient (Wildman–Crippen LogP) is 1.13. The van der Waals surface area contributed by atoms with Gasteiger partial charge in [0.1, 0.15) is 5.52 Å². The van der Waals surface area contributed by atoms with Gasteiger partial charge in [0, 0.05) is 26.6 Å². The Hall–Kier alpha value is -2.00. The second-order valence-corrected chi connectivity index (χ2v) is 8.70. The highest BCUT2D eigenvalue weighted by atomic mass is 32.2. The first-order chi connectivity index (χ1) is 11.9. The van der Waals surface area contributed by atoms with Crippen LogP contribution in [0.3, 0.4) is 0 Å². The summed E-state index contributed by atoms with van der Waals surface area (Å²) in [7, 11) is -0.535. The molecule has 0 saturated heterocycles. The topological polar surface area (TPSA) is 97.2 Å². The standard InChI is InChI=1S/C16H23N5O3S/c1-20(2)25(23,24)13-7-8-15-14(11-13)18-19-21(15)10-9-16(22)17-12-5-3-4-6-12/h7-8,11-12H,3-6,9-10H2,1-2H3,(H,17,22). The summed E-state index contributed by atoms with van der Waals surface area (Å²) in [5.41, 5.74) is 1.21. The number of aryl methyl sites for hydroxylation is 1. The van der Waals surface area contributed by atoms with E-state index < -0.39 is 10.0 Å². The number of fused-ring (bicyclic) bond motifs is 1. The molecule has 25 heavy (non-hydrogen) atoms. The highest BCUT2D eigenvalue weighted by molar-refractivity contribution is 7.89. The van der Waals surface area contributed by atoms with Gasteiger partial charge in [-0.3, -0.25) is 4.79 Å². The number of carbonyl (C=O) groups excluding carboxylic acids is 1. The highest BCUT2D eigenvalue weighted by Gasteiger charge is 2.20. The number of sulfonamides is 1. The summed E-state index contributed by atoms with van der Waals surface area (Å²) < 4.78 is 27.2. The second-order valence-electron chi connectivity index (χ2n) is 6.55. The Morgan fingerprint density at radius 3 is 2.72 bits per heavy atom. The minimum Gasteiger partial charge on any atom is -0.353 e. The molecule has 1 amide bonds. The maximum Gasteiger partial charge on any atom is 0.242 e. The molecule has 0 spiro atoms. The number of rotatable bonds is 6. The monoisotopic (exact) mass is 365 g/mol. The van der Waals surface area contributed by atoms with E-state index in [2.05, 4.69) is 15.6 Å². The third kappa shape index (κ3) is 3.82. The summed E-state index contributed by atoms with van der Waals surface area (Å²) >= 11 is 0. The summed E-state index contributed by atoms with van der Waals surface area (Å²) in [4.78, 5) is 12.2. The van der Waals surface area contributed by atoms with Crippen LogP contribution in [-0.4, -0.2) is 53.8 Å². The van der Waals surface area contributed by atoms with Crippen molar-refractivity contribution in [2.75, 3.05) is 14.1 Å². The van der Waals surface area contributed by atoms with Gasteiger partial charge in [0.05, 0.1) is 17.0 Å². The van der Waals surface area contributed by atoms with E-state index in [4.69, 9.17) is 0 Å². The molecule has 2 aromatic rings. The molecule has 0 atom stereocenters. The van der Waals surface area contributed by atoms with Crippen LogP contribution in [0.25, 0.3) is 11.0 Å². The molecule has 3 rings (SSSR count). The van der Waals surface area contributed by atoms with E-state index in [9.17, 15) is 13.2 Å². The van der Waals surface area contributed by atoms with Gasteiger partial charge in [0.2, 0.25) is 15.9 Å². The highest BCUT2D eigenvalue weighted by Crippen LogP contribution is 2.20. The zero-order chi connectivity index (χ0) is 18.0. The van der Waals surface area contributed by atoms with Gasteiger partial charge >= 0.3 is 0 Å². The van der Waals surface area contributed by atoms with Crippen LogP contribution in [0.5, 0.6) is 0 Å². The van der Waals surface area contributed by atoms with E-state index >= 15 is 0 Å². The van der Waals surface area contributed by atoms with Crippen molar-refractivity contribution in [2.45, 2.75) is 49.6 Å². The average molecular weight is 365 g/mol. The molecular weight excluding hydrogens is 342 g/mol. The van der Waals surface area contributed by atoms with Gasteiger partial charge in [-0.15, -0.1) is 5.10 Å². The number of amides is 1. The first-order valence-corrected chi connectivity index (χ1v) is 9.87. The predicted molar refractivity (Wildman–Crippen MR) is 93.4 cm³/mol. The number of hydrogen-bond acceptors (Lipinski definition) is 5. The molecular formula is C16H23N5O3S. The van der Waals surface area contributed by atoms with E-state index in [1.54, 1.807) is 10.7 Å². The van der Waals surface area contributed by atoms with Gasteiger partial charge in [-0.05, 0) is 31.0 Å². The zero-order valence-corrected chi connectivity index (χ0v) is 15.3. The number of benzene rings is 1. The number of carbonyl (C=O) groups is 1. The van der Waals surface area contributed by atoms with E-state index in [0.29, 0.717) is 30.0 Å². The van der Waals surface area contributed by atoms with Crippen molar-refractivity contribution >= 4 is 27.0 Å². The Bertz CT molecular complexity index is 869. The van der Waals surface area contributed by atoms with Crippen LogP contribution < -0.4 is 5.32 Å². The Labute approximate surface area is 147 Å². The normalized spacial score (nSPS) is 16.0. The molecule has 1 aromatic heterocycles. The van der Waals surface area contributed by atoms with Gasteiger partial charge < -0.3 is 5.32 Å². The zero-order valence-electron chi connectivity index (χ0n) is 14.5. The maximum absolute atomic E-state index is 12.2. The fraction of sp³-hybridized carbons (Fsp3) is 0.562. The maximum atomic E-state index is 12.2. The fourth-order valence-corrected chi connectivity index (χ4v) is 3.99. The molecule has 1 aliphatic carbocycles. The van der Waals surface area contributed by atoms with E-state index in [1.807, 2.05) is 0 Å². The smallest absolute Gasteiger partial charge is 0.242 e. The Kier molecular flexibility index (Phi) is 5.05. The van der Waals surface area contributed by atoms with Crippen molar-refractivity contribution in [3.8, 4) is 0 Å². The van der Waals surface area contributed by atoms with Gasteiger partial charge in [0.15, 0.2) is 0 Å². The van der Waals surface area contributed by atoms with Crippen molar-refractivity contribution in [3.05, 3.63) is 18.2 Å². The Morgan fingerprint density at radius 2 is 2.04 bits per heavy atom. The average Bonchev–Trinajstić information content (AvgIpc) is 3.21. The first kappa shape index (κ1) is 17.8. The van der Waals surface area contributed by atoms with E-state index in [-0.39, 0.29) is 10.8 Å². The molecule has 1 N–H and O–H groups in total. The number of hydrogen-bond donors (Lipinski definition) is 1. The van der Waals surface area contributed by atoms with Crippen LogP contribution in [0.1, 0.15) is 32.1 Å². The van der Waals surface area contributed by atoms with Gasteiger partial charge in [-0.25, -0.2) is 17.4 Å². The van der Waals surface area contributed by atoms with Crippen molar-refractivity contribution in [2.24, 2.45) is 0 Å². The Morgan fingerprint density at radius 1 is 1.32 bits per heavy atom. The largest absolute Gasteiger partial charge is 0.353 e. The molecule has 136 valence electrons. The molecule has 0 radical (unpaired) electrons. The van der Waals surface area contributed by atoms with Crippen LogP contribution in [0.15, 0.2) is 23.1 Å². The van der Waals surface area contributed by atoms with Crippen LogP contribution >= 0.6 is 0 Å². The summed E-state index contributed by atoms with van der Waals surface area (Å²) in [6.45, 7) is 0.412. The molecule has 1 aliphatic rings. The lowest BCUT2D eigenvalue weighted by Crippen LogP contribution is -2.33.